The normalized spacial score (nSPS) is 11.9. The van der Waals surface area contributed by atoms with E-state index >= 15 is 0 Å². The summed E-state index contributed by atoms with van der Waals surface area (Å²) >= 11 is 0. The topological polar surface area (TPSA) is 86.6 Å². The van der Waals surface area contributed by atoms with Gasteiger partial charge in [-0.25, -0.2) is 4.79 Å². The van der Waals surface area contributed by atoms with Crippen LogP contribution in [0.15, 0.2) is 12.2 Å². The Morgan fingerprint density at radius 2 is 1.37 bits per heavy atom. The van der Waals surface area contributed by atoms with Crippen LogP contribution in [0.4, 0.5) is 0 Å². The molecule has 0 rings (SSSR count). The Kier molecular flexibility index (Phi) is 23.9. The fourth-order valence-electron chi connectivity index (χ4n) is 2.81. The number of aliphatic carboxylic acids is 1. The van der Waals surface area contributed by atoms with Gasteiger partial charge in [0.05, 0.1) is 6.61 Å². The van der Waals surface area contributed by atoms with Crippen molar-refractivity contribution in [1.29, 1.82) is 0 Å². The molecule has 0 saturated carbocycles. The van der Waals surface area contributed by atoms with Crippen molar-refractivity contribution < 1.29 is 22.7 Å². The Hall–Kier alpha value is -0.100. The molecule has 0 bridgehead atoms. The first kappa shape index (κ1) is 29.1. The van der Waals surface area contributed by atoms with Crippen LogP contribution in [-0.4, -0.2) is 72.5 Å². The first-order chi connectivity index (χ1) is 12.6. The zero-order chi connectivity index (χ0) is 19.5. The number of aliphatic hydroxyl groups excluding tert-OH is 1. The molecule has 0 aromatic rings. The van der Waals surface area contributed by atoms with Crippen LogP contribution in [-0.2, 0) is 9.59 Å². The minimum Gasteiger partial charge on any atom is -1.00 e. The predicted octanol–water partition coefficient (Wildman–Crippen LogP) is 4.43. The summed E-state index contributed by atoms with van der Waals surface area (Å²) in [6.07, 6.45) is 20.5. The summed E-state index contributed by atoms with van der Waals surface area (Å²) in [7, 11) is 0. The van der Waals surface area contributed by atoms with E-state index in [9.17, 15) is 9.59 Å². The molecular formula is C21H41CaNO4. The van der Waals surface area contributed by atoms with Gasteiger partial charge in [0, 0.05) is 6.42 Å². The largest absolute Gasteiger partial charge is 2.00 e. The molecule has 27 heavy (non-hydrogen) atoms. The summed E-state index contributed by atoms with van der Waals surface area (Å²) < 4.78 is 0. The third kappa shape index (κ3) is 20.4. The molecule has 0 aromatic heterocycles. The second-order valence-corrected chi connectivity index (χ2v) is 6.98. The summed E-state index contributed by atoms with van der Waals surface area (Å²) in [6, 6.07) is -1.19. The van der Waals surface area contributed by atoms with Crippen molar-refractivity contribution in [3.63, 3.8) is 0 Å². The van der Waals surface area contributed by atoms with Crippen molar-refractivity contribution in [3.05, 3.63) is 12.2 Å². The standard InChI is InChI=1S/C21H39NO4.Ca.2H/c1-2-3-4-5-6-7-8-9-10-11-12-13-14-15-16-17-20(24)22-19(18-23)21(25)26;;;/h9-10,19,23H,2-8,11-18H2,1H3,(H,22,24)(H,25,26);;;/q;+2;2*-1/b10-9-;;;. The van der Waals surface area contributed by atoms with Gasteiger partial charge in [-0.05, 0) is 32.1 Å². The minimum atomic E-state index is -1.20. The Bertz CT molecular complexity index is 399. The number of rotatable bonds is 18. The molecule has 1 amide bonds. The van der Waals surface area contributed by atoms with Crippen molar-refractivity contribution in [3.8, 4) is 0 Å². The maximum Gasteiger partial charge on any atom is 2.00 e. The third-order valence-corrected chi connectivity index (χ3v) is 4.48. The van der Waals surface area contributed by atoms with Gasteiger partial charge < -0.3 is 18.4 Å². The smallest absolute Gasteiger partial charge is 1.00 e. The Morgan fingerprint density at radius 1 is 0.889 bits per heavy atom. The number of hydrogen-bond acceptors (Lipinski definition) is 3. The molecule has 0 aliphatic rings. The number of carboxylic acids is 1. The minimum absolute atomic E-state index is 0. The number of allylic oxidation sites excluding steroid dienone is 2. The molecule has 0 spiro atoms. The van der Waals surface area contributed by atoms with Gasteiger partial charge in [0.1, 0.15) is 6.04 Å². The maximum absolute atomic E-state index is 11.6. The number of unbranched alkanes of at least 4 members (excludes halogenated alkanes) is 11. The van der Waals surface area contributed by atoms with E-state index in [0.29, 0.717) is 6.42 Å². The van der Waals surface area contributed by atoms with Gasteiger partial charge in [-0.1, -0.05) is 70.4 Å². The molecule has 6 heteroatoms. The molecule has 0 aromatic carbocycles. The van der Waals surface area contributed by atoms with Gasteiger partial charge in [-0.15, -0.1) is 0 Å². The number of nitrogens with one attached hydrogen (secondary N) is 1. The fourth-order valence-corrected chi connectivity index (χ4v) is 2.81. The van der Waals surface area contributed by atoms with Gasteiger partial charge in [0.15, 0.2) is 0 Å². The molecule has 0 saturated heterocycles. The van der Waals surface area contributed by atoms with Crippen LogP contribution in [0.2, 0.25) is 0 Å². The Morgan fingerprint density at radius 3 is 1.85 bits per heavy atom. The zero-order valence-corrected chi connectivity index (χ0v) is 19.5. The number of amides is 1. The van der Waals surface area contributed by atoms with Gasteiger partial charge in [-0.2, -0.15) is 0 Å². The molecule has 3 N–H and O–H groups in total. The summed E-state index contributed by atoms with van der Waals surface area (Å²) in [5.74, 6) is -1.51. The van der Waals surface area contributed by atoms with E-state index < -0.39 is 18.6 Å². The first-order valence-electron chi connectivity index (χ1n) is 10.4. The average molecular weight is 412 g/mol. The monoisotopic (exact) mass is 411 g/mol. The van der Waals surface area contributed by atoms with E-state index in [2.05, 4.69) is 24.4 Å². The molecule has 0 aliphatic heterocycles. The van der Waals surface area contributed by atoms with E-state index in [-0.39, 0.29) is 46.5 Å². The van der Waals surface area contributed by atoms with E-state index in [1.54, 1.807) is 0 Å². The summed E-state index contributed by atoms with van der Waals surface area (Å²) in [4.78, 5) is 22.3. The van der Waals surface area contributed by atoms with Crippen LogP contribution in [0.1, 0.15) is 99.7 Å². The second kappa shape index (κ2) is 22.2. The van der Waals surface area contributed by atoms with Crippen LogP contribution in [0, 0.1) is 0 Å². The van der Waals surface area contributed by atoms with Crippen molar-refractivity contribution in [2.75, 3.05) is 6.61 Å². The molecule has 0 aliphatic carbocycles. The van der Waals surface area contributed by atoms with E-state index in [1.165, 1.54) is 51.4 Å². The van der Waals surface area contributed by atoms with Crippen molar-refractivity contribution in [1.82, 2.24) is 5.32 Å². The van der Waals surface area contributed by atoms with Crippen LogP contribution in [0.25, 0.3) is 0 Å². The summed E-state index contributed by atoms with van der Waals surface area (Å²) in [5.41, 5.74) is 0. The predicted molar refractivity (Wildman–Crippen MR) is 114 cm³/mol. The average Bonchev–Trinajstić information content (AvgIpc) is 2.62. The van der Waals surface area contributed by atoms with E-state index in [4.69, 9.17) is 10.2 Å². The molecular weight excluding hydrogens is 370 g/mol. The van der Waals surface area contributed by atoms with Crippen LogP contribution < -0.4 is 5.32 Å². The van der Waals surface area contributed by atoms with E-state index in [0.717, 1.165) is 32.1 Å². The van der Waals surface area contributed by atoms with Crippen molar-refractivity contribution in [2.45, 2.75) is 103 Å². The van der Waals surface area contributed by atoms with Crippen LogP contribution in [0.5, 0.6) is 0 Å². The Labute approximate surface area is 198 Å². The molecule has 0 radical (unpaired) electrons. The third-order valence-electron chi connectivity index (χ3n) is 4.48. The van der Waals surface area contributed by atoms with Gasteiger partial charge in [0.2, 0.25) is 5.91 Å². The van der Waals surface area contributed by atoms with Crippen molar-refractivity contribution >= 4 is 49.6 Å². The molecule has 0 fully saturated rings. The molecule has 5 nitrogen and oxygen atoms in total. The number of carboxylic acid groups (broad SMARTS) is 1. The fraction of sp³-hybridized carbons (Fsp3) is 0.810. The first-order valence-corrected chi connectivity index (χ1v) is 10.4. The number of carbonyl (C=O) groups excluding carboxylic acids is 1. The van der Waals surface area contributed by atoms with E-state index in [1.807, 2.05) is 0 Å². The maximum atomic E-state index is 11.6. The molecule has 1 atom stereocenters. The van der Waals surface area contributed by atoms with Crippen LogP contribution >= 0.6 is 0 Å². The quantitative estimate of drug-likeness (QED) is 0.177. The number of hydrogen-bond donors (Lipinski definition) is 3. The summed E-state index contributed by atoms with van der Waals surface area (Å²) in [6.45, 7) is 1.67. The Balaban J connectivity index is -0.00000104. The van der Waals surface area contributed by atoms with Crippen molar-refractivity contribution in [2.24, 2.45) is 0 Å². The SMILES string of the molecule is CCCCCCCC/C=C\CCCCCCCC(=O)NC(CO)C(=O)O.[Ca+2].[H-].[H-]. The molecule has 0 heterocycles. The molecule has 156 valence electrons. The zero-order valence-electron chi connectivity index (χ0n) is 19.3. The van der Waals surface area contributed by atoms with Gasteiger partial charge >= 0.3 is 43.7 Å². The second-order valence-electron chi connectivity index (χ2n) is 6.98. The summed E-state index contributed by atoms with van der Waals surface area (Å²) in [5, 5.41) is 19.9. The number of aliphatic hydroxyl groups is 1. The van der Waals surface area contributed by atoms with Crippen LogP contribution in [0.3, 0.4) is 0 Å². The van der Waals surface area contributed by atoms with Gasteiger partial charge in [0.25, 0.3) is 0 Å². The van der Waals surface area contributed by atoms with Gasteiger partial charge in [-0.3, -0.25) is 4.79 Å². The molecule has 1 unspecified atom stereocenters. The number of carbonyl (C=O) groups is 2.